The molecule has 0 aliphatic heterocycles. The molecule has 26 heavy (non-hydrogen) atoms. The zero-order valence-electron chi connectivity index (χ0n) is 16.2. The monoisotopic (exact) mass is 354 g/mol. The number of aromatic nitrogens is 1. The largest absolute Gasteiger partial charge is 0.456 e. The Labute approximate surface area is 154 Å². The first-order valence-corrected chi connectivity index (χ1v) is 8.66. The van der Waals surface area contributed by atoms with Gasteiger partial charge in [0.15, 0.2) is 0 Å². The molecule has 2 rings (SSSR count). The Kier molecular flexibility index (Phi) is 5.80. The molecule has 0 saturated heterocycles. The van der Waals surface area contributed by atoms with Crippen molar-refractivity contribution in [2.45, 2.75) is 46.1 Å². The first-order valence-electron chi connectivity index (χ1n) is 8.66. The van der Waals surface area contributed by atoms with Crippen molar-refractivity contribution in [3.8, 4) is 0 Å². The fourth-order valence-corrected chi connectivity index (χ4v) is 2.65. The molecule has 1 aromatic carbocycles. The molecule has 0 aliphatic rings. The lowest BCUT2D eigenvalue weighted by Gasteiger charge is -2.22. The zero-order chi connectivity index (χ0) is 19.5. The number of carbonyl (C=O) groups excluding carboxylic acids is 2. The standard InChI is InChI=1S/C21H26N2O3/c1-13(15-10-8-7-9-11-15)17-12-16(20(25)26-21(3,4)5)14(2)18(23-17)19(24)22-6/h7-13H,1-6H3,(H,22,24). The van der Waals surface area contributed by atoms with E-state index >= 15 is 0 Å². The SMILES string of the molecule is CNC(=O)c1nc(C(C)c2ccccc2)cc(C(=O)OC(C)(C)C)c1C. The van der Waals surface area contributed by atoms with Crippen LogP contribution in [0, 0.1) is 6.92 Å². The summed E-state index contributed by atoms with van der Waals surface area (Å²) in [5.74, 6) is -0.847. The zero-order valence-corrected chi connectivity index (χ0v) is 16.2. The normalized spacial score (nSPS) is 12.4. The molecule has 138 valence electrons. The van der Waals surface area contributed by atoms with Gasteiger partial charge in [-0.15, -0.1) is 0 Å². The molecule has 5 heteroatoms. The highest BCUT2D eigenvalue weighted by atomic mass is 16.6. The smallest absolute Gasteiger partial charge is 0.339 e. The summed E-state index contributed by atoms with van der Waals surface area (Å²) >= 11 is 0. The Bertz CT molecular complexity index is 808. The van der Waals surface area contributed by atoms with Crippen molar-refractivity contribution in [1.29, 1.82) is 0 Å². The molecule has 0 spiro atoms. The minimum atomic E-state index is -0.620. The third kappa shape index (κ3) is 4.48. The number of hydrogen-bond donors (Lipinski definition) is 1. The summed E-state index contributed by atoms with van der Waals surface area (Å²) in [7, 11) is 1.55. The Balaban J connectivity index is 2.57. The third-order valence-corrected chi connectivity index (χ3v) is 4.10. The predicted octanol–water partition coefficient (Wildman–Crippen LogP) is 3.86. The summed E-state index contributed by atoms with van der Waals surface area (Å²) in [5, 5.41) is 2.59. The van der Waals surface area contributed by atoms with E-state index < -0.39 is 11.6 Å². The number of ether oxygens (including phenoxy) is 1. The number of pyridine rings is 1. The fourth-order valence-electron chi connectivity index (χ4n) is 2.65. The summed E-state index contributed by atoms with van der Waals surface area (Å²) in [4.78, 5) is 29.5. The van der Waals surface area contributed by atoms with E-state index in [0.29, 0.717) is 16.8 Å². The van der Waals surface area contributed by atoms with Gasteiger partial charge in [-0.2, -0.15) is 0 Å². The van der Waals surface area contributed by atoms with Gasteiger partial charge in [-0.1, -0.05) is 37.3 Å². The third-order valence-electron chi connectivity index (χ3n) is 4.10. The van der Waals surface area contributed by atoms with Crippen molar-refractivity contribution in [2.75, 3.05) is 7.05 Å². The van der Waals surface area contributed by atoms with Crippen LogP contribution in [0.15, 0.2) is 36.4 Å². The second kappa shape index (κ2) is 7.68. The molecule has 5 nitrogen and oxygen atoms in total. The number of nitrogens with one attached hydrogen (secondary N) is 1. The van der Waals surface area contributed by atoms with E-state index in [4.69, 9.17) is 4.74 Å². The molecule has 0 radical (unpaired) electrons. The van der Waals surface area contributed by atoms with Gasteiger partial charge in [0.1, 0.15) is 11.3 Å². The summed E-state index contributed by atoms with van der Waals surface area (Å²) in [6, 6.07) is 11.6. The van der Waals surface area contributed by atoms with Crippen LogP contribution in [0.2, 0.25) is 0 Å². The second-order valence-electron chi connectivity index (χ2n) is 7.28. The molecule has 1 amide bonds. The second-order valence-corrected chi connectivity index (χ2v) is 7.28. The molecule has 0 fully saturated rings. The molecule has 1 heterocycles. The molecule has 1 unspecified atom stereocenters. The van der Waals surface area contributed by atoms with E-state index in [1.54, 1.807) is 20.0 Å². The Morgan fingerprint density at radius 3 is 2.31 bits per heavy atom. The highest BCUT2D eigenvalue weighted by molar-refractivity contribution is 5.99. The summed E-state index contributed by atoms with van der Waals surface area (Å²) < 4.78 is 5.52. The average Bonchev–Trinajstić information content (AvgIpc) is 2.59. The molecular weight excluding hydrogens is 328 g/mol. The summed E-state index contributed by atoms with van der Waals surface area (Å²) in [6.45, 7) is 9.16. The molecule has 0 saturated carbocycles. The van der Waals surface area contributed by atoms with Crippen LogP contribution in [0.5, 0.6) is 0 Å². The Morgan fingerprint density at radius 1 is 1.15 bits per heavy atom. The van der Waals surface area contributed by atoms with Crippen LogP contribution in [-0.2, 0) is 4.74 Å². The van der Waals surface area contributed by atoms with Gasteiger partial charge >= 0.3 is 5.97 Å². The molecule has 1 aromatic heterocycles. The van der Waals surface area contributed by atoms with Crippen LogP contribution in [0.4, 0.5) is 0 Å². The van der Waals surface area contributed by atoms with Crippen molar-refractivity contribution in [1.82, 2.24) is 10.3 Å². The van der Waals surface area contributed by atoms with Crippen molar-refractivity contribution < 1.29 is 14.3 Å². The van der Waals surface area contributed by atoms with Gasteiger partial charge in [-0.05, 0) is 44.9 Å². The molecule has 2 aromatic rings. The molecule has 1 atom stereocenters. The van der Waals surface area contributed by atoms with Crippen molar-refractivity contribution in [3.63, 3.8) is 0 Å². The van der Waals surface area contributed by atoms with Crippen molar-refractivity contribution in [2.24, 2.45) is 0 Å². The summed E-state index contributed by atoms with van der Waals surface area (Å²) in [6.07, 6.45) is 0. The van der Waals surface area contributed by atoms with E-state index in [2.05, 4.69) is 10.3 Å². The summed E-state index contributed by atoms with van der Waals surface area (Å²) in [5.41, 5.74) is 2.22. The quantitative estimate of drug-likeness (QED) is 0.847. The number of carbonyl (C=O) groups is 2. The lowest BCUT2D eigenvalue weighted by Crippen LogP contribution is -2.27. The minimum absolute atomic E-state index is 0.0682. The Morgan fingerprint density at radius 2 is 1.77 bits per heavy atom. The van der Waals surface area contributed by atoms with Crippen LogP contribution < -0.4 is 5.32 Å². The van der Waals surface area contributed by atoms with Gasteiger partial charge in [-0.25, -0.2) is 9.78 Å². The van der Waals surface area contributed by atoms with Gasteiger partial charge in [0, 0.05) is 18.7 Å². The van der Waals surface area contributed by atoms with E-state index in [-0.39, 0.29) is 17.5 Å². The van der Waals surface area contributed by atoms with Crippen LogP contribution in [0.3, 0.4) is 0 Å². The van der Waals surface area contributed by atoms with Crippen molar-refractivity contribution in [3.05, 3.63) is 64.5 Å². The first-order chi connectivity index (χ1) is 12.1. The van der Waals surface area contributed by atoms with Gasteiger partial charge in [-0.3, -0.25) is 4.79 Å². The predicted molar refractivity (Wildman–Crippen MR) is 101 cm³/mol. The molecule has 0 bridgehead atoms. The number of benzene rings is 1. The number of hydrogen-bond acceptors (Lipinski definition) is 4. The van der Waals surface area contributed by atoms with Crippen molar-refractivity contribution >= 4 is 11.9 Å². The number of rotatable bonds is 4. The number of esters is 1. The highest BCUT2D eigenvalue weighted by Crippen LogP contribution is 2.26. The van der Waals surface area contributed by atoms with E-state index in [9.17, 15) is 9.59 Å². The van der Waals surface area contributed by atoms with Crippen LogP contribution in [-0.4, -0.2) is 29.5 Å². The first kappa shape index (κ1) is 19.6. The van der Waals surface area contributed by atoms with E-state index in [1.165, 1.54) is 0 Å². The van der Waals surface area contributed by atoms with Crippen LogP contribution >= 0.6 is 0 Å². The fraction of sp³-hybridized carbons (Fsp3) is 0.381. The Hall–Kier alpha value is -2.69. The van der Waals surface area contributed by atoms with Gasteiger partial charge in [0.2, 0.25) is 0 Å². The van der Waals surface area contributed by atoms with Gasteiger partial charge < -0.3 is 10.1 Å². The van der Waals surface area contributed by atoms with Crippen LogP contribution in [0.1, 0.15) is 71.3 Å². The van der Waals surface area contributed by atoms with E-state index in [1.807, 2.05) is 58.0 Å². The minimum Gasteiger partial charge on any atom is -0.456 e. The van der Waals surface area contributed by atoms with E-state index in [0.717, 1.165) is 5.56 Å². The van der Waals surface area contributed by atoms with Gasteiger partial charge in [0.25, 0.3) is 5.91 Å². The molecular formula is C21H26N2O3. The van der Waals surface area contributed by atoms with Gasteiger partial charge in [0.05, 0.1) is 5.56 Å². The number of amides is 1. The maximum atomic E-state index is 12.7. The van der Waals surface area contributed by atoms with Crippen LogP contribution in [0.25, 0.3) is 0 Å². The number of nitrogens with zero attached hydrogens (tertiary/aromatic N) is 1. The average molecular weight is 354 g/mol. The topological polar surface area (TPSA) is 68.3 Å². The lowest BCUT2D eigenvalue weighted by molar-refractivity contribution is 0.00684. The highest BCUT2D eigenvalue weighted by Gasteiger charge is 2.25. The lowest BCUT2D eigenvalue weighted by atomic mass is 9.94. The molecule has 0 aliphatic carbocycles. The maximum Gasteiger partial charge on any atom is 0.339 e. The molecule has 1 N–H and O–H groups in total. The maximum absolute atomic E-state index is 12.7.